The molecule has 5 heteroatoms. The van der Waals surface area contributed by atoms with Crippen molar-refractivity contribution in [2.45, 2.75) is 37.8 Å². The molecular formula is C12H22N2O2S. The second-order valence-corrected chi connectivity index (χ2v) is 6.17. The van der Waals surface area contributed by atoms with Gasteiger partial charge in [-0.25, -0.2) is 0 Å². The molecule has 2 aliphatic heterocycles. The quantitative estimate of drug-likeness (QED) is 0.788. The molecule has 2 fully saturated rings. The average Bonchev–Trinajstić information content (AvgIpc) is 2.32. The van der Waals surface area contributed by atoms with E-state index < -0.39 is 5.97 Å². The molecule has 17 heavy (non-hydrogen) atoms. The number of piperidine rings is 1. The Bertz CT molecular complexity index is 249. The van der Waals surface area contributed by atoms with Gasteiger partial charge in [0, 0.05) is 30.9 Å². The minimum Gasteiger partial charge on any atom is -0.480 e. The molecule has 0 aromatic carbocycles. The molecule has 0 aliphatic carbocycles. The van der Waals surface area contributed by atoms with Crippen LogP contribution >= 0.6 is 11.8 Å². The molecule has 98 valence electrons. The highest BCUT2D eigenvalue weighted by Gasteiger charge is 2.23. The molecule has 0 aromatic heterocycles. The second-order valence-electron chi connectivity index (χ2n) is 5.02. The third kappa shape index (κ3) is 4.48. The van der Waals surface area contributed by atoms with E-state index in [0.717, 1.165) is 25.9 Å². The van der Waals surface area contributed by atoms with Crippen LogP contribution in [0.5, 0.6) is 0 Å². The zero-order valence-electron chi connectivity index (χ0n) is 10.2. The number of aliphatic carboxylic acids is 1. The van der Waals surface area contributed by atoms with Crippen molar-refractivity contribution in [3.05, 3.63) is 0 Å². The molecule has 0 bridgehead atoms. The van der Waals surface area contributed by atoms with Crippen LogP contribution in [0.25, 0.3) is 0 Å². The van der Waals surface area contributed by atoms with E-state index in [-0.39, 0.29) is 6.54 Å². The van der Waals surface area contributed by atoms with Crippen LogP contribution in [0.4, 0.5) is 0 Å². The lowest BCUT2D eigenvalue weighted by Gasteiger charge is -2.34. The summed E-state index contributed by atoms with van der Waals surface area (Å²) < 4.78 is 0. The minimum absolute atomic E-state index is 0.200. The summed E-state index contributed by atoms with van der Waals surface area (Å²) >= 11 is 2.05. The van der Waals surface area contributed by atoms with Crippen LogP contribution in [-0.2, 0) is 4.79 Å². The van der Waals surface area contributed by atoms with Crippen LogP contribution in [0.15, 0.2) is 0 Å². The number of thioether (sulfide) groups is 1. The number of hydrogen-bond donors (Lipinski definition) is 2. The van der Waals surface area contributed by atoms with E-state index in [1.807, 2.05) is 16.7 Å². The third-order valence-corrected chi connectivity index (χ3v) is 4.79. The molecule has 0 aromatic rings. The molecule has 0 amide bonds. The smallest absolute Gasteiger partial charge is 0.317 e. The molecule has 2 saturated heterocycles. The summed E-state index contributed by atoms with van der Waals surface area (Å²) in [7, 11) is 0. The van der Waals surface area contributed by atoms with Gasteiger partial charge < -0.3 is 10.4 Å². The summed E-state index contributed by atoms with van der Waals surface area (Å²) in [4.78, 5) is 12.6. The first kappa shape index (κ1) is 13.2. The summed E-state index contributed by atoms with van der Waals surface area (Å²) in [6.45, 7) is 2.04. The van der Waals surface area contributed by atoms with Gasteiger partial charge in [-0.2, -0.15) is 11.8 Å². The first-order valence-electron chi connectivity index (χ1n) is 6.52. The molecule has 2 rings (SSSR count). The van der Waals surface area contributed by atoms with Crippen molar-refractivity contribution in [3.8, 4) is 0 Å². The number of nitrogens with one attached hydrogen (secondary N) is 1. The maximum Gasteiger partial charge on any atom is 0.317 e. The van der Waals surface area contributed by atoms with Gasteiger partial charge in [0.15, 0.2) is 0 Å². The number of carboxylic acids is 1. The van der Waals surface area contributed by atoms with Crippen LogP contribution in [0.3, 0.4) is 0 Å². The van der Waals surface area contributed by atoms with Crippen molar-refractivity contribution in [2.24, 2.45) is 0 Å². The van der Waals surface area contributed by atoms with E-state index in [0.29, 0.717) is 12.1 Å². The van der Waals surface area contributed by atoms with Crippen molar-refractivity contribution in [1.82, 2.24) is 10.2 Å². The first-order chi connectivity index (χ1) is 8.24. The van der Waals surface area contributed by atoms with Gasteiger partial charge in [0.05, 0.1) is 6.54 Å². The Morgan fingerprint density at radius 2 is 2.06 bits per heavy atom. The fraction of sp³-hybridized carbons (Fsp3) is 0.917. The van der Waals surface area contributed by atoms with Crippen molar-refractivity contribution in [1.29, 1.82) is 0 Å². The van der Waals surface area contributed by atoms with E-state index in [1.165, 1.54) is 24.3 Å². The lowest BCUT2D eigenvalue weighted by molar-refractivity contribution is -0.138. The molecule has 1 atom stereocenters. The average molecular weight is 258 g/mol. The Morgan fingerprint density at radius 1 is 1.29 bits per heavy atom. The number of likely N-dealkylation sites (tertiary alicyclic amines) is 1. The van der Waals surface area contributed by atoms with Crippen LogP contribution in [0, 0.1) is 0 Å². The van der Waals surface area contributed by atoms with Gasteiger partial charge in [-0.1, -0.05) is 0 Å². The van der Waals surface area contributed by atoms with Gasteiger partial charge in [-0.3, -0.25) is 9.69 Å². The number of nitrogens with zero attached hydrogens (tertiary/aromatic N) is 1. The summed E-state index contributed by atoms with van der Waals surface area (Å²) in [6, 6.07) is 1.29. The highest BCUT2D eigenvalue weighted by atomic mass is 32.2. The normalized spacial score (nSPS) is 28.1. The Hall–Kier alpha value is -0.260. The van der Waals surface area contributed by atoms with E-state index in [9.17, 15) is 4.79 Å². The molecular weight excluding hydrogens is 236 g/mol. The van der Waals surface area contributed by atoms with Crippen molar-refractivity contribution in [2.75, 3.05) is 31.1 Å². The van der Waals surface area contributed by atoms with Gasteiger partial charge in [-0.05, 0) is 31.4 Å². The first-order valence-corrected chi connectivity index (χ1v) is 7.67. The van der Waals surface area contributed by atoms with E-state index in [2.05, 4.69) is 5.32 Å². The monoisotopic (exact) mass is 258 g/mol. The highest BCUT2D eigenvalue weighted by molar-refractivity contribution is 7.99. The second kappa shape index (κ2) is 6.61. The van der Waals surface area contributed by atoms with E-state index in [4.69, 9.17) is 5.11 Å². The molecule has 2 heterocycles. The predicted octanol–water partition coefficient (Wildman–Crippen LogP) is 1.02. The van der Waals surface area contributed by atoms with Crippen LogP contribution in [0.2, 0.25) is 0 Å². The number of carboxylic acid groups (broad SMARTS) is 1. The third-order valence-electron chi connectivity index (χ3n) is 3.58. The topological polar surface area (TPSA) is 52.6 Å². The Kier molecular flexibility index (Phi) is 5.13. The standard InChI is InChI=1S/C12H22N2O2S/c15-12(16)8-14-5-3-10(4-6-14)13-11-2-1-7-17-9-11/h10-11,13H,1-9H2,(H,15,16)/t11-/m0/s1. The summed E-state index contributed by atoms with van der Waals surface area (Å²) in [5.74, 6) is 1.85. The van der Waals surface area contributed by atoms with Gasteiger partial charge in [0.1, 0.15) is 0 Å². The maximum absolute atomic E-state index is 10.6. The number of hydrogen-bond acceptors (Lipinski definition) is 4. The molecule has 4 nitrogen and oxygen atoms in total. The molecule has 2 N–H and O–H groups in total. The molecule has 2 aliphatic rings. The van der Waals surface area contributed by atoms with E-state index >= 15 is 0 Å². The van der Waals surface area contributed by atoms with Crippen molar-refractivity contribution in [3.63, 3.8) is 0 Å². The zero-order chi connectivity index (χ0) is 12.1. The largest absolute Gasteiger partial charge is 0.480 e. The Morgan fingerprint density at radius 3 is 2.65 bits per heavy atom. The zero-order valence-corrected chi connectivity index (χ0v) is 11.0. The molecule has 0 spiro atoms. The fourth-order valence-corrected chi connectivity index (χ4v) is 3.74. The Balaban J connectivity index is 1.66. The Labute approximate surface area is 107 Å². The van der Waals surface area contributed by atoms with Crippen molar-refractivity contribution < 1.29 is 9.90 Å². The van der Waals surface area contributed by atoms with Gasteiger partial charge in [0.25, 0.3) is 0 Å². The number of rotatable bonds is 4. The maximum atomic E-state index is 10.6. The van der Waals surface area contributed by atoms with Gasteiger partial charge in [-0.15, -0.1) is 0 Å². The van der Waals surface area contributed by atoms with E-state index in [1.54, 1.807) is 0 Å². The van der Waals surface area contributed by atoms with Crippen molar-refractivity contribution >= 4 is 17.7 Å². The van der Waals surface area contributed by atoms with Crippen LogP contribution in [0.1, 0.15) is 25.7 Å². The molecule has 0 radical (unpaired) electrons. The summed E-state index contributed by atoms with van der Waals surface area (Å²) in [5.41, 5.74) is 0. The lowest BCUT2D eigenvalue weighted by atomic mass is 10.0. The minimum atomic E-state index is -0.708. The van der Waals surface area contributed by atoms with Gasteiger partial charge >= 0.3 is 5.97 Å². The van der Waals surface area contributed by atoms with Crippen LogP contribution < -0.4 is 5.32 Å². The summed E-state index contributed by atoms with van der Waals surface area (Å²) in [6.07, 6.45) is 4.82. The summed E-state index contributed by atoms with van der Waals surface area (Å²) in [5, 5.41) is 12.5. The molecule has 0 unspecified atom stereocenters. The van der Waals surface area contributed by atoms with Crippen LogP contribution in [-0.4, -0.2) is 59.2 Å². The number of carbonyl (C=O) groups is 1. The molecule has 0 saturated carbocycles. The van der Waals surface area contributed by atoms with Gasteiger partial charge in [0.2, 0.25) is 0 Å². The SMILES string of the molecule is O=C(O)CN1CCC(N[C@H]2CCCSC2)CC1. The lowest BCUT2D eigenvalue weighted by Crippen LogP contribution is -2.48. The highest BCUT2D eigenvalue weighted by Crippen LogP contribution is 2.19. The fourth-order valence-electron chi connectivity index (χ4n) is 2.65. The predicted molar refractivity (Wildman–Crippen MR) is 70.6 cm³/mol.